The zero-order valence-electron chi connectivity index (χ0n) is 24.0. The van der Waals surface area contributed by atoms with E-state index in [9.17, 15) is 9.59 Å². The van der Waals surface area contributed by atoms with Gasteiger partial charge in [-0.3, -0.25) is 9.59 Å². The van der Waals surface area contributed by atoms with Crippen LogP contribution in [0, 0.1) is 0 Å². The highest BCUT2D eigenvalue weighted by atomic mass is 16.5. The van der Waals surface area contributed by atoms with Crippen molar-refractivity contribution in [2.75, 3.05) is 32.8 Å². The minimum absolute atomic E-state index is 0.0394. The van der Waals surface area contributed by atoms with E-state index in [4.69, 9.17) is 9.47 Å². The monoisotopic (exact) mass is 551 g/mol. The lowest BCUT2D eigenvalue weighted by molar-refractivity contribution is -0.166. The van der Waals surface area contributed by atoms with Gasteiger partial charge in [0.15, 0.2) is 17.0 Å². The van der Waals surface area contributed by atoms with Crippen LogP contribution in [0.2, 0.25) is 0 Å². The lowest BCUT2D eigenvalue weighted by atomic mass is 9.76. The summed E-state index contributed by atoms with van der Waals surface area (Å²) in [4.78, 5) is 35.2. The number of carbonyl (C=O) groups is 2. The predicted octanol–water partition coefficient (Wildman–Crippen LogP) is 5.63. The summed E-state index contributed by atoms with van der Waals surface area (Å²) in [5.74, 6) is 1.19. The molecule has 2 aliphatic rings. The van der Waals surface area contributed by atoms with Crippen LogP contribution in [0.5, 0.6) is 11.5 Å². The molecular weight excluding hydrogens is 514 g/mol. The molecule has 0 radical (unpaired) electrons. The van der Waals surface area contributed by atoms with Crippen LogP contribution in [0.25, 0.3) is 10.9 Å². The third kappa shape index (κ3) is 4.63. The standard InChI is InChI=1S/C34H37N3O4/c1-4-19-41-28-16-15-24(20-29(28)40-5-2)26-21-37-30(38)22-36(18-17-23-11-7-6-8-12-23)33(39)34(37,3)32-31(26)25-13-9-10-14-27(25)35-32/h6-16,20,26,35H,4-5,17-19,21-22H2,1-3H3. The van der Waals surface area contributed by atoms with Gasteiger partial charge in [0, 0.05) is 29.9 Å². The maximum atomic E-state index is 14.3. The second kappa shape index (κ2) is 11.0. The van der Waals surface area contributed by atoms with E-state index in [2.05, 4.69) is 36.2 Å². The molecule has 2 aliphatic heterocycles. The van der Waals surface area contributed by atoms with Gasteiger partial charge in [0.1, 0.15) is 0 Å². The number of nitrogens with one attached hydrogen (secondary N) is 1. The summed E-state index contributed by atoms with van der Waals surface area (Å²) in [6, 6.07) is 24.3. The number of fused-ring (bicyclic) bond motifs is 5. The number of amides is 2. The Morgan fingerprint density at radius 3 is 2.51 bits per heavy atom. The molecule has 0 aliphatic carbocycles. The Balaban J connectivity index is 1.43. The molecule has 41 heavy (non-hydrogen) atoms. The summed E-state index contributed by atoms with van der Waals surface area (Å²) in [6.07, 6.45) is 1.60. The first-order chi connectivity index (χ1) is 20.0. The van der Waals surface area contributed by atoms with Crippen LogP contribution in [0.1, 0.15) is 55.5 Å². The molecule has 0 saturated carbocycles. The van der Waals surface area contributed by atoms with Crippen LogP contribution in [0.3, 0.4) is 0 Å². The van der Waals surface area contributed by atoms with Gasteiger partial charge in [0.05, 0.1) is 25.5 Å². The lowest BCUT2D eigenvalue weighted by Crippen LogP contribution is -2.67. The fraction of sp³-hybridized carbons (Fsp3) is 0.353. The maximum Gasteiger partial charge on any atom is 0.254 e. The normalized spacial score (nSPS) is 20.2. The molecule has 3 heterocycles. The van der Waals surface area contributed by atoms with Crippen LogP contribution >= 0.6 is 0 Å². The minimum atomic E-state index is -1.12. The molecule has 1 fully saturated rings. The van der Waals surface area contributed by atoms with E-state index in [1.165, 1.54) is 0 Å². The number of carbonyl (C=O) groups excluding carboxylic acids is 2. The SMILES string of the molecule is CCCOc1ccc(C2CN3C(=O)CN(CCc4ccccc4)C(=O)C3(C)c3[nH]c4ccccc4c32)cc1OCC. The molecule has 1 aromatic heterocycles. The second-order valence-electron chi connectivity index (χ2n) is 11.0. The number of aromatic nitrogens is 1. The number of hydrogen-bond donors (Lipinski definition) is 1. The quantitative estimate of drug-likeness (QED) is 0.293. The highest BCUT2D eigenvalue weighted by molar-refractivity contribution is 6.01. The van der Waals surface area contributed by atoms with Crippen LogP contribution in [0.15, 0.2) is 72.8 Å². The maximum absolute atomic E-state index is 14.3. The lowest BCUT2D eigenvalue weighted by Gasteiger charge is -2.51. The number of piperazine rings is 1. The summed E-state index contributed by atoms with van der Waals surface area (Å²) in [5, 5.41) is 1.07. The summed E-state index contributed by atoms with van der Waals surface area (Å²) >= 11 is 0. The second-order valence-corrected chi connectivity index (χ2v) is 11.0. The first kappa shape index (κ1) is 26.9. The van der Waals surface area contributed by atoms with E-state index in [0.717, 1.165) is 45.5 Å². The first-order valence-electron chi connectivity index (χ1n) is 14.6. The van der Waals surface area contributed by atoms with Gasteiger partial charge in [0.2, 0.25) is 5.91 Å². The Hall–Kier alpha value is -4.26. The van der Waals surface area contributed by atoms with Gasteiger partial charge in [0.25, 0.3) is 5.91 Å². The van der Waals surface area contributed by atoms with E-state index < -0.39 is 5.54 Å². The number of benzene rings is 3. The van der Waals surface area contributed by atoms with Crippen molar-refractivity contribution in [2.24, 2.45) is 0 Å². The molecular formula is C34H37N3O4. The van der Waals surface area contributed by atoms with E-state index in [-0.39, 0.29) is 24.3 Å². The number of aromatic amines is 1. The van der Waals surface area contributed by atoms with Gasteiger partial charge < -0.3 is 24.3 Å². The summed E-state index contributed by atoms with van der Waals surface area (Å²) < 4.78 is 12.0. The minimum Gasteiger partial charge on any atom is -0.490 e. The van der Waals surface area contributed by atoms with Gasteiger partial charge in [-0.25, -0.2) is 0 Å². The van der Waals surface area contributed by atoms with Crippen molar-refractivity contribution in [2.45, 2.75) is 45.1 Å². The summed E-state index contributed by atoms with van der Waals surface area (Å²) in [6.45, 7) is 8.05. The molecule has 7 nitrogen and oxygen atoms in total. The zero-order chi connectivity index (χ0) is 28.6. The molecule has 7 heteroatoms. The van der Waals surface area contributed by atoms with Gasteiger partial charge in [-0.1, -0.05) is 61.5 Å². The average molecular weight is 552 g/mol. The topological polar surface area (TPSA) is 74.9 Å². The van der Waals surface area contributed by atoms with E-state index in [1.54, 1.807) is 9.80 Å². The number of rotatable bonds is 9. The Morgan fingerprint density at radius 1 is 0.951 bits per heavy atom. The molecule has 3 aromatic carbocycles. The number of H-pyrrole nitrogens is 1. The van der Waals surface area contributed by atoms with Crippen LogP contribution in [-0.2, 0) is 21.5 Å². The van der Waals surface area contributed by atoms with Crippen LogP contribution in [0.4, 0.5) is 0 Å². The Morgan fingerprint density at radius 2 is 1.73 bits per heavy atom. The van der Waals surface area contributed by atoms with E-state index in [0.29, 0.717) is 38.5 Å². The van der Waals surface area contributed by atoms with Crippen molar-refractivity contribution in [3.8, 4) is 11.5 Å². The van der Waals surface area contributed by atoms with Gasteiger partial charge in [-0.05, 0) is 61.6 Å². The molecule has 212 valence electrons. The Bertz CT molecular complexity index is 1580. The van der Waals surface area contributed by atoms with Crippen molar-refractivity contribution in [3.05, 3.63) is 95.2 Å². The van der Waals surface area contributed by atoms with Crippen molar-refractivity contribution >= 4 is 22.7 Å². The Kier molecular flexibility index (Phi) is 7.20. The number of para-hydroxylation sites is 1. The van der Waals surface area contributed by atoms with Crippen molar-refractivity contribution in [3.63, 3.8) is 0 Å². The molecule has 6 rings (SSSR count). The van der Waals surface area contributed by atoms with E-state index in [1.807, 2.05) is 62.4 Å². The third-order valence-electron chi connectivity index (χ3n) is 8.46. The molecule has 4 aromatic rings. The molecule has 1 saturated heterocycles. The molecule has 2 unspecified atom stereocenters. The largest absolute Gasteiger partial charge is 0.490 e. The zero-order valence-corrected chi connectivity index (χ0v) is 24.0. The van der Waals surface area contributed by atoms with Crippen LogP contribution < -0.4 is 9.47 Å². The Labute approximate surface area is 241 Å². The number of ether oxygens (including phenoxy) is 2. The molecule has 2 atom stereocenters. The predicted molar refractivity (Wildman–Crippen MR) is 159 cm³/mol. The highest BCUT2D eigenvalue weighted by Crippen LogP contribution is 2.49. The van der Waals surface area contributed by atoms with Crippen molar-refractivity contribution in [1.29, 1.82) is 0 Å². The van der Waals surface area contributed by atoms with Crippen molar-refractivity contribution < 1.29 is 19.1 Å². The first-order valence-corrected chi connectivity index (χ1v) is 14.6. The number of hydrogen-bond acceptors (Lipinski definition) is 4. The van der Waals surface area contributed by atoms with Crippen molar-refractivity contribution in [1.82, 2.24) is 14.8 Å². The molecule has 1 N–H and O–H groups in total. The summed E-state index contributed by atoms with van der Waals surface area (Å²) in [7, 11) is 0. The van der Waals surface area contributed by atoms with Gasteiger partial charge >= 0.3 is 0 Å². The smallest absolute Gasteiger partial charge is 0.254 e. The molecule has 0 spiro atoms. The number of nitrogens with zero attached hydrogens (tertiary/aromatic N) is 2. The molecule has 2 amide bonds. The fourth-order valence-corrected chi connectivity index (χ4v) is 6.41. The van der Waals surface area contributed by atoms with Gasteiger partial charge in [-0.2, -0.15) is 0 Å². The fourth-order valence-electron chi connectivity index (χ4n) is 6.41. The van der Waals surface area contributed by atoms with Gasteiger partial charge in [-0.15, -0.1) is 0 Å². The van der Waals surface area contributed by atoms with E-state index >= 15 is 0 Å². The average Bonchev–Trinajstić information content (AvgIpc) is 3.39. The molecule has 0 bridgehead atoms. The third-order valence-corrected chi connectivity index (χ3v) is 8.46. The summed E-state index contributed by atoms with van der Waals surface area (Å²) in [5.41, 5.74) is 3.87. The van der Waals surface area contributed by atoms with Crippen LogP contribution in [-0.4, -0.2) is 59.4 Å². The highest BCUT2D eigenvalue weighted by Gasteiger charge is 2.56.